The van der Waals surface area contributed by atoms with Crippen LogP contribution in [0.1, 0.15) is 13.8 Å². The molecule has 0 aromatic heterocycles. The minimum absolute atomic E-state index is 0.203. The lowest BCUT2D eigenvalue weighted by molar-refractivity contribution is 0.172. The number of rotatable bonds is 4. The Morgan fingerprint density at radius 1 is 1.10 bits per heavy atom. The summed E-state index contributed by atoms with van der Waals surface area (Å²) in [6, 6.07) is 4.44. The van der Waals surface area contributed by atoms with Crippen molar-refractivity contribution in [3.05, 3.63) is 28.2 Å². The normalized spacial score (nSPS) is 18.3. The van der Waals surface area contributed by atoms with Crippen molar-refractivity contribution in [1.29, 1.82) is 0 Å². The quantitative estimate of drug-likeness (QED) is 0.837. The third-order valence-electron chi connectivity index (χ3n) is 3.48. The second kappa shape index (κ2) is 6.84. The van der Waals surface area contributed by atoms with Gasteiger partial charge in [-0.2, -0.15) is 4.31 Å². The minimum atomic E-state index is -3.49. The van der Waals surface area contributed by atoms with Gasteiger partial charge in [0.1, 0.15) is 0 Å². The van der Waals surface area contributed by atoms with E-state index in [9.17, 15) is 8.42 Å². The predicted octanol–water partition coefficient (Wildman–Crippen LogP) is 2.96. The summed E-state index contributed by atoms with van der Waals surface area (Å²) < 4.78 is 26.7. The van der Waals surface area contributed by atoms with Crippen LogP contribution in [0.5, 0.6) is 0 Å². The Labute approximate surface area is 136 Å². The van der Waals surface area contributed by atoms with Gasteiger partial charge >= 0.3 is 0 Å². The summed E-state index contributed by atoms with van der Waals surface area (Å²) in [5.74, 6) is 0.586. The van der Waals surface area contributed by atoms with E-state index in [-0.39, 0.29) is 9.92 Å². The van der Waals surface area contributed by atoms with Crippen molar-refractivity contribution in [2.24, 2.45) is 5.92 Å². The van der Waals surface area contributed by atoms with Crippen molar-refractivity contribution in [3.63, 3.8) is 0 Å². The number of hydrogen-bond donors (Lipinski definition) is 0. The zero-order valence-electron chi connectivity index (χ0n) is 12.2. The third kappa shape index (κ3) is 4.11. The highest BCUT2D eigenvalue weighted by Crippen LogP contribution is 2.27. The largest absolute Gasteiger partial charge is 0.300 e. The Bertz CT molecular complexity index is 597. The first-order valence-corrected chi connectivity index (χ1v) is 9.18. The predicted molar refractivity (Wildman–Crippen MR) is 86.5 cm³/mol. The van der Waals surface area contributed by atoms with E-state index in [0.29, 0.717) is 24.0 Å². The molecule has 21 heavy (non-hydrogen) atoms. The van der Waals surface area contributed by atoms with Gasteiger partial charge in [-0.1, -0.05) is 37.0 Å². The number of halogens is 2. The first kappa shape index (κ1) is 17.0. The summed E-state index contributed by atoms with van der Waals surface area (Å²) in [6.45, 7) is 7.88. The Kier molecular flexibility index (Phi) is 5.54. The van der Waals surface area contributed by atoms with Crippen molar-refractivity contribution >= 4 is 33.2 Å². The van der Waals surface area contributed by atoms with E-state index in [1.54, 1.807) is 0 Å². The lowest BCUT2D eigenvalue weighted by Crippen LogP contribution is -2.49. The van der Waals surface area contributed by atoms with Gasteiger partial charge < -0.3 is 4.90 Å². The second-order valence-corrected chi connectivity index (χ2v) is 8.43. The van der Waals surface area contributed by atoms with E-state index in [1.165, 1.54) is 22.5 Å². The maximum Gasteiger partial charge on any atom is 0.243 e. The van der Waals surface area contributed by atoms with Crippen molar-refractivity contribution in [3.8, 4) is 0 Å². The SMILES string of the molecule is CC(C)CN1CCN(S(=O)(=O)c2ccc(Cl)c(Cl)c2)CC1. The fraction of sp³-hybridized carbons (Fsp3) is 0.571. The smallest absolute Gasteiger partial charge is 0.243 e. The van der Waals surface area contributed by atoms with Gasteiger partial charge in [0.15, 0.2) is 0 Å². The average molecular weight is 351 g/mol. The molecule has 0 unspecified atom stereocenters. The molecule has 0 N–H and O–H groups in total. The van der Waals surface area contributed by atoms with Gasteiger partial charge in [-0.05, 0) is 24.1 Å². The molecule has 0 amide bonds. The van der Waals surface area contributed by atoms with Crippen molar-refractivity contribution in [2.45, 2.75) is 18.7 Å². The zero-order valence-corrected chi connectivity index (χ0v) is 14.5. The number of benzene rings is 1. The lowest BCUT2D eigenvalue weighted by Gasteiger charge is -2.34. The minimum Gasteiger partial charge on any atom is -0.300 e. The first-order valence-electron chi connectivity index (χ1n) is 6.98. The van der Waals surface area contributed by atoms with Crippen molar-refractivity contribution in [1.82, 2.24) is 9.21 Å². The number of hydrogen-bond acceptors (Lipinski definition) is 3. The van der Waals surface area contributed by atoms with Crippen LogP contribution in [0.25, 0.3) is 0 Å². The Balaban J connectivity index is 2.09. The molecule has 1 aromatic carbocycles. The molecule has 1 saturated heterocycles. The average Bonchev–Trinajstić information content (AvgIpc) is 2.41. The van der Waals surface area contributed by atoms with Crippen LogP contribution < -0.4 is 0 Å². The summed E-state index contributed by atoms with van der Waals surface area (Å²) in [5.41, 5.74) is 0. The van der Waals surface area contributed by atoms with Crippen LogP contribution in [-0.2, 0) is 10.0 Å². The molecule has 1 aliphatic heterocycles. The van der Waals surface area contributed by atoms with Gasteiger partial charge in [-0.25, -0.2) is 8.42 Å². The summed E-state index contributed by atoms with van der Waals surface area (Å²) in [6.07, 6.45) is 0. The zero-order chi connectivity index (χ0) is 15.6. The fourth-order valence-electron chi connectivity index (χ4n) is 2.46. The number of nitrogens with zero attached hydrogens (tertiary/aromatic N) is 2. The van der Waals surface area contributed by atoms with Gasteiger partial charge in [0.2, 0.25) is 10.0 Å². The van der Waals surface area contributed by atoms with E-state index in [4.69, 9.17) is 23.2 Å². The number of sulfonamides is 1. The maximum atomic E-state index is 12.6. The molecule has 0 atom stereocenters. The molecule has 1 aromatic rings. The first-order chi connectivity index (χ1) is 9.80. The molecular formula is C14H20Cl2N2O2S. The molecule has 118 valence electrons. The van der Waals surface area contributed by atoms with E-state index in [0.717, 1.165) is 19.6 Å². The molecule has 0 radical (unpaired) electrons. The molecule has 1 aliphatic rings. The Morgan fingerprint density at radius 3 is 2.24 bits per heavy atom. The van der Waals surface area contributed by atoms with Gasteiger partial charge in [-0.3, -0.25) is 0 Å². The molecule has 1 heterocycles. The number of piperazine rings is 1. The molecule has 4 nitrogen and oxygen atoms in total. The fourth-order valence-corrected chi connectivity index (χ4v) is 4.27. The summed E-state index contributed by atoms with van der Waals surface area (Å²) in [5, 5.41) is 0.619. The topological polar surface area (TPSA) is 40.6 Å². The standard InChI is InChI=1S/C14H20Cl2N2O2S/c1-11(2)10-17-5-7-18(8-6-17)21(19,20)12-3-4-13(15)14(16)9-12/h3-4,9,11H,5-8,10H2,1-2H3. The van der Waals surface area contributed by atoms with Gasteiger partial charge in [0.05, 0.1) is 14.9 Å². The second-order valence-electron chi connectivity index (χ2n) is 5.67. The van der Waals surface area contributed by atoms with Crippen LogP contribution in [0, 0.1) is 5.92 Å². The van der Waals surface area contributed by atoms with E-state index in [1.807, 2.05) is 0 Å². The summed E-state index contributed by atoms with van der Waals surface area (Å²) >= 11 is 11.8. The van der Waals surface area contributed by atoms with Crippen molar-refractivity contribution in [2.75, 3.05) is 32.7 Å². The molecule has 0 bridgehead atoms. The van der Waals surface area contributed by atoms with Crippen LogP contribution in [0.4, 0.5) is 0 Å². The highest BCUT2D eigenvalue weighted by molar-refractivity contribution is 7.89. The highest BCUT2D eigenvalue weighted by atomic mass is 35.5. The van der Waals surface area contributed by atoms with Crippen LogP contribution in [-0.4, -0.2) is 50.3 Å². The summed E-state index contributed by atoms with van der Waals surface area (Å²) in [4.78, 5) is 2.50. The van der Waals surface area contributed by atoms with Crippen LogP contribution in [0.2, 0.25) is 10.0 Å². The monoisotopic (exact) mass is 350 g/mol. The van der Waals surface area contributed by atoms with Crippen molar-refractivity contribution < 1.29 is 8.42 Å². The van der Waals surface area contributed by atoms with E-state index >= 15 is 0 Å². The molecule has 1 fully saturated rings. The Morgan fingerprint density at radius 2 is 1.71 bits per heavy atom. The Hall–Kier alpha value is -0.330. The highest BCUT2D eigenvalue weighted by Gasteiger charge is 2.28. The molecule has 0 spiro atoms. The van der Waals surface area contributed by atoms with Crippen LogP contribution >= 0.6 is 23.2 Å². The van der Waals surface area contributed by atoms with Gasteiger partial charge in [0, 0.05) is 32.7 Å². The molecular weight excluding hydrogens is 331 g/mol. The van der Waals surface area contributed by atoms with Gasteiger partial charge in [-0.15, -0.1) is 0 Å². The van der Waals surface area contributed by atoms with E-state index < -0.39 is 10.0 Å². The lowest BCUT2D eigenvalue weighted by atomic mass is 10.2. The summed E-state index contributed by atoms with van der Waals surface area (Å²) in [7, 11) is -3.49. The van der Waals surface area contributed by atoms with E-state index in [2.05, 4.69) is 18.7 Å². The van der Waals surface area contributed by atoms with Crippen LogP contribution in [0.3, 0.4) is 0 Å². The molecule has 2 rings (SSSR count). The maximum absolute atomic E-state index is 12.6. The van der Waals surface area contributed by atoms with Gasteiger partial charge in [0.25, 0.3) is 0 Å². The molecule has 0 saturated carbocycles. The van der Waals surface area contributed by atoms with Crippen LogP contribution in [0.15, 0.2) is 23.1 Å². The molecule has 7 heteroatoms. The third-order valence-corrected chi connectivity index (χ3v) is 6.12. The molecule has 0 aliphatic carbocycles.